The minimum atomic E-state index is -0.112. The average Bonchev–Trinajstić information content (AvgIpc) is 2.92. The highest BCUT2D eigenvalue weighted by atomic mass is 16.6. The molecule has 1 aromatic rings. The molecule has 5 nitrogen and oxygen atoms in total. The van der Waals surface area contributed by atoms with Gasteiger partial charge in [0.25, 0.3) is 0 Å². The first kappa shape index (κ1) is 14.2. The van der Waals surface area contributed by atoms with Gasteiger partial charge in [0.05, 0.1) is 12.5 Å². The molecule has 1 amide bonds. The molecule has 1 saturated heterocycles. The number of para-hydroxylation sites is 2. The number of nitrogens with zero attached hydrogens (tertiary/aromatic N) is 1. The van der Waals surface area contributed by atoms with E-state index in [0.717, 1.165) is 24.6 Å². The maximum Gasteiger partial charge on any atom is 0.227 e. The molecule has 5 heteroatoms. The summed E-state index contributed by atoms with van der Waals surface area (Å²) in [6, 6.07) is 7.64. The summed E-state index contributed by atoms with van der Waals surface area (Å²) in [7, 11) is 1.84. The van der Waals surface area contributed by atoms with Crippen LogP contribution in [-0.2, 0) is 4.79 Å². The summed E-state index contributed by atoms with van der Waals surface area (Å²) in [5, 5.41) is 3.27. The largest absolute Gasteiger partial charge is 0.486 e. The van der Waals surface area contributed by atoms with E-state index in [4.69, 9.17) is 9.47 Å². The molecule has 0 spiro atoms. The zero-order chi connectivity index (χ0) is 14.8. The van der Waals surface area contributed by atoms with Crippen molar-refractivity contribution in [3.63, 3.8) is 0 Å². The number of ether oxygens (including phenoxy) is 2. The number of benzene rings is 1. The maximum atomic E-state index is 12.5. The third kappa shape index (κ3) is 2.97. The molecule has 3 rings (SSSR count). The van der Waals surface area contributed by atoms with Gasteiger partial charge in [0.2, 0.25) is 5.91 Å². The first-order valence-corrected chi connectivity index (χ1v) is 7.49. The molecule has 0 aliphatic carbocycles. The molecule has 2 aliphatic rings. The van der Waals surface area contributed by atoms with Crippen LogP contribution in [0.15, 0.2) is 24.3 Å². The van der Waals surface area contributed by atoms with E-state index in [0.29, 0.717) is 19.1 Å². The van der Waals surface area contributed by atoms with Crippen molar-refractivity contribution in [1.29, 1.82) is 0 Å². The molecule has 3 unspecified atom stereocenters. The fourth-order valence-electron chi connectivity index (χ4n) is 2.97. The molecule has 3 atom stereocenters. The second-order valence-electron chi connectivity index (χ2n) is 5.96. The second-order valence-corrected chi connectivity index (χ2v) is 5.96. The zero-order valence-electron chi connectivity index (χ0n) is 12.5. The molecule has 0 saturated carbocycles. The summed E-state index contributed by atoms with van der Waals surface area (Å²) in [6.07, 6.45) is -0.112. The predicted molar refractivity (Wildman–Crippen MR) is 79.5 cm³/mol. The highest BCUT2D eigenvalue weighted by Crippen LogP contribution is 2.31. The first-order valence-electron chi connectivity index (χ1n) is 7.49. The van der Waals surface area contributed by atoms with Crippen LogP contribution in [-0.4, -0.2) is 50.2 Å². The fourth-order valence-corrected chi connectivity index (χ4v) is 2.97. The molecule has 0 bridgehead atoms. The van der Waals surface area contributed by atoms with Crippen LogP contribution in [0.4, 0.5) is 0 Å². The van der Waals surface area contributed by atoms with Crippen LogP contribution in [0.2, 0.25) is 0 Å². The van der Waals surface area contributed by atoms with Crippen molar-refractivity contribution in [3.8, 4) is 11.5 Å². The Kier molecular flexibility index (Phi) is 4.01. The van der Waals surface area contributed by atoms with Crippen LogP contribution < -0.4 is 14.8 Å². The van der Waals surface area contributed by atoms with Gasteiger partial charge in [0.15, 0.2) is 17.6 Å². The summed E-state index contributed by atoms with van der Waals surface area (Å²) >= 11 is 0. The number of carbonyl (C=O) groups excluding carboxylic acids is 1. The predicted octanol–water partition coefficient (Wildman–Crippen LogP) is 1.14. The lowest BCUT2D eigenvalue weighted by molar-refractivity contribution is -0.136. The maximum absolute atomic E-state index is 12.5. The number of likely N-dealkylation sites (N-methyl/N-ethyl adjacent to an activating group) is 1. The lowest BCUT2D eigenvalue weighted by Crippen LogP contribution is -2.44. The Labute approximate surface area is 125 Å². The molecule has 114 valence electrons. The summed E-state index contributed by atoms with van der Waals surface area (Å²) < 4.78 is 11.6. The van der Waals surface area contributed by atoms with Gasteiger partial charge in [-0.15, -0.1) is 0 Å². The standard InChI is InChI=1S/C16H22N2O3/c1-11-7-17-8-13(11)16(19)18(2)9-12-10-20-14-5-3-4-6-15(14)21-12/h3-6,11-13,17H,7-10H2,1-2H3. The number of hydrogen-bond donors (Lipinski definition) is 1. The third-order valence-electron chi connectivity index (χ3n) is 4.26. The Morgan fingerprint density at radius 1 is 1.33 bits per heavy atom. The molecule has 21 heavy (non-hydrogen) atoms. The topological polar surface area (TPSA) is 50.8 Å². The van der Waals surface area contributed by atoms with Crippen LogP contribution in [0.5, 0.6) is 11.5 Å². The minimum Gasteiger partial charge on any atom is -0.486 e. The minimum absolute atomic E-state index is 0.0757. The van der Waals surface area contributed by atoms with Gasteiger partial charge in [-0.05, 0) is 24.6 Å². The van der Waals surface area contributed by atoms with E-state index in [1.807, 2.05) is 31.3 Å². The highest BCUT2D eigenvalue weighted by molar-refractivity contribution is 5.79. The van der Waals surface area contributed by atoms with Crippen LogP contribution >= 0.6 is 0 Å². The number of fused-ring (bicyclic) bond motifs is 1. The Morgan fingerprint density at radius 2 is 2.10 bits per heavy atom. The van der Waals surface area contributed by atoms with E-state index in [-0.39, 0.29) is 17.9 Å². The lowest BCUT2D eigenvalue weighted by atomic mass is 9.97. The zero-order valence-corrected chi connectivity index (χ0v) is 12.5. The van der Waals surface area contributed by atoms with Gasteiger partial charge in [-0.2, -0.15) is 0 Å². The summed E-state index contributed by atoms with van der Waals surface area (Å²) in [5.74, 6) is 2.19. The molecular formula is C16H22N2O3. The van der Waals surface area contributed by atoms with Gasteiger partial charge in [0, 0.05) is 13.6 Å². The monoisotopic (exact) mass is 290 g/mol. The molecule has 0 aromatic heterocycles. The highest BCUT2D eigenvalue weighted by Gasteiger charge is 2.33. The van der Waals surface area contributed by atoms with Gasteiger partial charge in [-0.3, -0.25) is 4.79 Å². The normalized spacial score (nSPS) is 27.4. The van der Waals surface area contributed by atoms with E-state index in [2.05, 4.69) is 12.2 Å². The van der Waals surface area contributed by atoms with Crippen molar-refractivity contribution in [3.05, 3.63) is 24.3 Å². The van der Waals surface area contributed by atoms with Gasteiger partial charge < -0.3 is 19.7 Å². The van der Waals surface area contributed by atoms with E-state index in [9.17, 15) is 4.79 Å². The average molecular weight is 290 g/mol. The van der Waals surface area contributed by atoms with Crippen molar-refractivity contribution < 1.29 is 14.3 Å². The molecular weight excluding hydrogens is 268 g/mol. The second kappa shape index (κ2) is 5.93. The van der Waals surface area contributed by atoms with Crippen molar-refractivity contribution in [1.82, 2.24) is 10.2 Å². The Morgan fingerprint density at radius 3 is 2.81 bits per heavy atom. The fraction of sp³-hybridized carbons (Fsp3) is 0.562. The van der Waals surface area contributed by atoms with Crippen LogP contribution in [0, 0.1) is 11.8 Å². The quantitative estimate of drug-likeness (QED) is 0.907. The molecule has 1 fully saturated rings. The number of carbonyl (C=O) groups is 1. The number of nitrogens with one attached hydrogen (secondary N) is 1. The Balaban J connectivity index is 1.58. The van der Waals surface area contributed by atoms with Crippen LogP contribution in [0.1, 0.15) is 6.92 Å². The molecule has 2 aliphatic heterocycles. The van der Waals surface area contributed by atoms with Gasteiger partial charge in [0.1, 0.15) is 6.61 Å². The summed E-state index contributed by atoms with van der Waals surface area (Å²) in [4.78, 5) is 14.2. The molecule has 0 radical (unpaired) electrons. The van der Waals surface area contributed by atoms with Crippen molar-refractivity contribution in [2.24, 2.45) is 11.8 Å². The Bertz CT molecular complexity index is 520. The molecule has 2 heterocycles. The van der Waals surface area contributed by atoms with Crippen molar-refractivity contribution in [2.45, 2.75) is 13.0 Å². The smallest absolute Gasteiger partial charge is 0.227 e. The number of rotatable bonds is 3. The molecule has 1 N–H and O–H groups in total. The van der Waals surface area contributed by atoms with Gasteiger partial charge in [-0.1, -0.05) is 19.1 Å². The van der Waals surface area contributed by atoms with Gasteiger partial charge in [-0.25, -0.2) is 0 Å². The van der Waals surface area contributed by atoms with Crippen molar-refractivity contribution >= 4 is 5.91 Å². The lowest BCUT2D eigenvalue weighted by Gasteiger charge is -2.31. The SMILES string of the molecule is CC1CNCC1C(=O)N(C)CC1COc2ccccc2O1. The molecule has 1 aromatic carbocycles. The number of amides is 1. The van der Waals surface area contributed by atoms with Crippen molar-refractivity contribution in [2.75, 3.05) is 33.3 Å². The third-order valence-corrected chi connectivity index (χ3v) is 4.26. The van der Waals surface area contributed by atoms with E-state index in [1.54, 1.807) is 4.90 Å². The van der Waals surface area contributed by atoms with Gasteiger partial charge >= 0.3 is 0 Å². The summed E-state index contributed by atoms with van der Waals surface area (Å²) in [6.45, 7) is 4.84. The van der Waals surface area contributed by atoms with E-state index < -0.39 is 0 Å². The number of hydrogen-bond acceptors (Lipinski definition) is 4. The van der Waals surface area contributed by atoms with E-state index >= 15 is 0 Å². The van der Waals surface area contributed by atoms with E-state index in [1.165, 1.54) is 0 Å². The first-order chi connectivity index (χ1) is 10.1. The van der Waals surface area contributed by atoms with Crippen LogP contribution in [0.25, 0.3) is 0 Å². The Hall–Kier alpha value is -1.75. The van der Waals surface area contributed by atoms with Crippen LogP contribution in [0.3, 0.4) is 0 Å². The summed E-state index contributed by atoms with van der Waals surface area (Å²) in [5.41, 5.74) is 0.